The van der Waals surface area contributed by atoms with Gasteiger partial charge >= 0.3 is 0 Å². The predicted octanol–water partition coefficient (Wildman–Crippen LogP) is 3.70. The van der Waals surface area contributed by atoms with Crippen molar-refractivity contribution in [3.8, 4) is 0 Å². The molecule has 0 aromatic heterocycles. The molecule has 1 saturated heterocycles. The van der Waals surface area contributed by atoms with Crippen LogP contribution in [0.2, 0.25) is 0 Å². The fraction of sp³-hybridized carbons (Fsp3) is 0.419. The molecule has 1 aliphatic heterocycles. The van der Waals surface area contributed by atoms with Gasteiger partial charge in [-0.15, -0.1) is 0 Å². The number of epoxide rings is 1. The normalized spacial score (nSPS) is 26.1. The number of ketones is 2. The zero-order chi connectivity index (χ0) is 29.4. The average Bonchev–Trinajstić information content (AvgIpc) is 3.66. The van der Waals surface area contributed by atoms with E-state index in [0.29, 0.717) is 11.5 Å². The van der Waals surface area contributed by atoms with Gasteiger partial charge in [0, 0.05) is 24.5 Å². The molecule has 2 amide bonds. The van der Waals surface area contributed by atoms with Crippen molar-refractivity contribution in [3.63, 3.8) is 0 Å². The number of fused-ring (bicyclic) bond motifs is 1. The lowest BCUT2D eigenvalue weighted by atomic mass is 9.88. The number of nitrogens with one attached hydrogen (secondary N) is 2. The van der Waals surface area contributed by atoms with Crippen molar-refractivity contribution in [2.75, 3.05) is 0 Å². The number of hydrogen-bond acceptors (Lipinski definition) is 7. The molecule has 0 aromatic carbocycles. The molecule has 9 heteroatoms. The molecule has 214 valence electrons. The van der Waals surface area contributed by atoms with Crippen molar-refractivity contribution in [2.45, 2.75) is 77.6 Å². The molecular formula is C31H38N2O7. The third kappa shape index (κ3) is 8.09. The molecule has 0 spiro atoms. The Morgan fingerprint density at radius 2 is 1.88 bits per heavy atom. The van der Waals surface area contributed by atoms with E-state index < -0.39 is 35.4 Å². The number of rotatable bonds is 12. The van der Waals surface area contributed by atoms with E-state index in [1.165, 1.54) is 36.5 Å². The van der Waals surface area contributed by atoms with Gasteiger partial charge in [-0.1, -0.05) is 68.7 Å². The number of amides is 2. The molecule has 0 unspecified atom stereocenters. The van der Waals surface area contributed by atoms with E-state index in [-0.39, 0.29) is 35.8 Å². The van der Waals surface area contributed by atoms with Crippen LogP contribution in [-0.2, 0) is 23.9 Å². The molecule has 9 nitrogen and oxygen atoms in total. The summed E-state index contributed by atoms with van der Waals surface area (Å²) < 4.78 is 5.39. The molecule has 40 heavy (non-hydrogen) atoms. The van der Waals surface area contributed by atoms with E-state index in [1.54, 1.807) is 19.1 Å². The van der Waals surface area contributed by atoms with E-state index >= 15 is 0 Å². The Balaban J connectivity index is 1.60. The van der Waals surface area contributed by atoms with Crippen molar-refractivity contribution in [3.05, 3.63) is 83.0 Å². The molecule has 1 heterocycles. The lowest BCUT2D eigenvalue weighted by molar-refractivity contribution is -0.121. The fourth-order valence-corrected chi connectivity index (χ4v) is 4.61. The van der Waals surface area contributed by atoms with Crippen LogP contribution < -0.4 is 10.6 Å². The second kappa shape index (κ2) is 13.5. The highest BCUT2D eigenvalue weighted by molar-refractivity contribution is 6.07. The molecule has 4 N–H and O–H groups in total. The zero-order valence-corrected chi connectivity index (χ0v) is 23.4. The van der Waals surface area contributed by atoms with E-state index in [4.69, 9.17) is 4.74 Å². The number of hydrogen-bond donors (Lipinski definition) is 4. The standard InChI is InChI=1S/C31H38N2O7/c1-5-6-11-19(2)16-20(3)17-21(4)30(38)32-22-18-31(39,29-28(40-29)27(22)37)15-10-8-7-9-12-25(36)33-26-23(34)13-14-24(26)35/h7-10,12,15-19,28-29,34,39H,5-6,11,13-14H2,1-4H3,(H,32,38)(H,33,36)/b8-7-,12-9-,15-10+,20-16+,21-17-/t19-,28-,29-,31+/m1/s1. The Labute approximate surface area is 234 Å². The number of carbonyl (C=O) groups excluding carboxylic acids is 4. The highest BCUT2D eigenvalue weighted by Crippen LogP contribution is 2.40. The van der Waals surface area contributed by atoms with Gasteiger partial charge in [0.2, 0.25) is 11.7 Å². The number of ether oxygens (including phenoxy) is 1. The molecule has 2 aliphatic carbocycles. The van der Waals surface area contributed by atoms with Crippen LogP contribution in [0.5, 0.6) is 0 Å². The molecule has 4 atom stereocenters. The smallest absolute Gasteiger partial charge is 0.251 e. The zero-order valence-electron chi connectivity index (χ0n) is 23.4. The highest BCUT2D eigenvalue weighted by atomic mass is 16.6. The number of carbonyl (C=O) groups is 4. The number of aliphatic hydroxyl groups is 2. The molecule has 0 saturated carbocycles. The van der Waals surface area contributed by atoms with E-state index in [2.05, 4.69) is 30.6 Å². The van der Waals surface area contributed by atoms with Gasteiger partial charge in [-0.2, -0.15) is 0 Å². The third-order valence-corrected chi connectivity index (χ3v) is 6.81. The molecule has 0 aromatic rings. The van der Waals surface area contributed by atoms with Crippen LogP contribution in [0.15, 0.2) is 83.0 Å². The summed E-state index contributed by atoms with van der Waals surface area (Å²) >= 11 is 0. The largest absolute Gasteiger partial charge is 0.510 e. The Morgan fingerprint density at radius 3 is 2.55 bits per heavy atom. The fourth-order valence-electron chi connectivity index (χ4n) is 4.61. The maximum absolute atomic E-state index is 12.8. The van der Waals surface area contributed by atoms with Crippen LogP contribution in [0.1, 0.15) is 59.8 Å². The van der Waals surface area contributed by atoms with E-state index in [9.17, 15) is 29.4 Å². The monoisotopic (exact) mass is 550 g/mol. The van der Waals surface area contributed by atoms with Gasteiger partial charge in [-0.3, -0.25) is 19.2 Å². The van der Waals surface area contributed by atoms with Gasteiger partial charge in [0.25, 0.3) is 5.91 Å². The number of aliphatic hydroxyl groups excluding tert-OH is 1. The Hall–Kier alpha value is -3.82. The SMILES string of the molecule is CCCC[C@@H](C)/C=C(C)/C=C(/C)C(=O)NC1=C[C@@](O)(/C=C/C=C\C=C/C(=O)NC2=C(O)CCC2=O)[C@@H]2O[C@@H]2C1=O. The summed E-state index contributed by atoms with van der Waals surface area (Å²) in [5.74, 6) is -1.43. The van der Waals surface area contributed by atoms with Crippen LogP contribution in [-0.4, -0.2) is 51.4 Å². The summed E-state index contributed by atoms with van der Waals surface area (Å²) in [5.41, 5.74) is -0.310. The van der Waals surface area contributed by atoms with Gasteiger partial charge < -0.3 is 25.6 Å². The van der Waals surface area contributed by atoms with Crippen LogP contribution in [0.25, 0.3) is 0 Å². The molecule has 1 fully saturated rings. The van der Waals surface area contributed by atoms with E-state index in [1.807, 2.05) is 6.92 Å². The molecule has 0 bridgehead atoms. The molecule has 3 aliphatic rings. The lowest BCUT2D eigenvalue weighted by Gasteiger charge is -2.23. The quantitative estimate of drug-likeness (QED) is 0.165. The Bertz CT molecular complexity index is 1260. The van der Waals surface area contributed by atoms with Crippen LogP contribution in [0.3, 0.4) is 0 Å². The van der Waals surface area contributed by atoms with Gasteiger partial charge in [0.1, 0.15) is 23.2 Å². The third-order valence-electron chi connectivity index (χ3n) is 6.81. The second-order valence-electron chi connectivity index (χ2n) is 10.4. The van der Waals surface area contributed by atoms with Crippen molar-refractivity contribution in [2.24, 2.45) is 5.92 Å². The van der Waals surface area contributed by atoms with Crippen LogP contribution >= 0.6 is 0 Å². The summed E-state index contributed by atoms with van der Waals surface area (Å²) in [4.78, 5) is 49.0. The molecule has 3 rings (SSSR count). The maximum Gasteiger partial charge on any atom is 0.251 e. The first-order chi connectivity index (χ1) is 18.9. The van der Waals surface area contributed by atoms with E-state index in [0.717, 1.165) is 24.8 Å². The van der Waals surface area contributed by atoms with Crippen LogP contribution in [0.4, 0.5) is 0 Å². The van der Waals surface area contributed by atoms with Crippen LogP contribution in [0, 0.1) is 5.92 Å². The summed E-state index contributed by atoms with van der Waals surface area (Å²) in [6, 6.07) is 0. The number of Topliss-reactive ketones (excluding diaryl/α,β-unsaturated/α-hetero) is 2. The summed E-state index contributed by atoms with van der Waals surface area (Å²) in [6.07, 6.45) is 16.0. The van der Waals surface area contributed by atoms with Gasteiger partial charge in [-0.25, -0.2) is 0 Å². The van der Waals surface area contributed by atoms with Gasteiger partial charge in [-0.05, 0) is 38.3 Å². The summed E-state index contributed by atoms with van der Waals surface area (Å²) in [5, 5.41) is 25.7. The predicted molar refractivity (Wildman–Crippen MR) is 151 cm³/mol. The first kappa shape index (κ1) is 30.7. The Morgan fingerprint density at radius 1 is 1.15 bits per heavy atom. The van der Waals surface area contributed by atoms with Gasteiger partial charge in [0.15, 0.2) is 11.9 Å². The maximum atomic E-state index is 12.8. The minimum Gasteiger partial charge on any atom is -0.510 e. The topological polar surface area (TPSA) is 145 Å². The first-order valence-corrected chi connectivity index (χ1v) is 13.6. The van der Waals surface area contributed by atoms with Gasteiger partial charge in [0.05, 0.1) is 5.70 Å². The summed E-state index contributed by atoms with van der Waals surface area (Å²) in [6.45, 7) is 7.90. The Kier molecular flexibility index (Phi) is 10.4. The highest BCUT2D eigenvalue weighted by Gasteiger charge is 2.59. The molecular weight excluding hydrogens is 512 g/mol. The average molecular weight is 551 g/mol. The minimum absolute atomic E-state index is 0.0267. The number of allylic oxidation sites excluding steroid dienone is 9. The lowest BCUT2D eigenvalue weighted by Crippen LogP contribution is -2.42. The van der Waals surface area contributed by atoms with Crippen molar-refractivity contribution in [1.82, 2.24) is 10.6 Å². The molecule has 0 radical (unpaired) electrons. The first-order valence-electron chi connectivity index (χ1n) is 13.6. The van der Waals surface area contributed by atoms with Crippen molar-refractivity contribution >= 4 is 23.4 Å². The minimum atomic E-state index is -1.61. The second-order valence-corrected chi connectivity index (χ2v) is 10.4. The number of unbranched alkanes of at least 4 members (excludes halogenated alkanes) is 1. The van der Waals surface area contributed by atoms with Crippen molar-refractivity contribution in [1.29, 1.82) is 0 Å². The summed E-state index contributed by atoms with van der Waals surface area (Å²) in [7, 11) is 0. The van der Waals surface area contributed by atoms with Crippen molar-refractivity contribution < 1.29 is 34.1 Å².